The van der Waals surface area contributed by atoms with E-state index in [0.29, 0.717) is 10.6 Å². The predicted octanol–water partition coefficient (Wildman–Crippen LogP) is 4.12. The first-order valence-corrected chi connectivity index (χ1v) is 9.01. The summed E-state index contributed by atoms with van der Waals surface area (Å²) in [6.07, 6.45) is 1.89. The van der Waals surface area contributed by atoms with E-state index in [4.69, 9.17) is 23.8 Å². The Kier molecular flexibility index (Phi) is 5.54. The van der Waals surface area contributed by atoms with Crippen LogP contribution in [0.4, 0.5) is 11.4 Å². The van der Waals surface area contributed by atoms with Crippen LogP contribution in [0, 0.1) is 12.8 Å². The number of amides is 2. The van der Waals surface area contributed by atoms with Gasteiger partial charge in [0.1, 0.15) is 0 Å². The molecular weight excluding hydrogens is 370 g/mol. The van der Waals surface area contributed by atoms with Crippen molar-refractivity contribution in [2.75, 3.05) is 10.6 Å². The van der Waals surface area contributed by atoms with Gasteiger partial charge < -0.3 is 10.6 Å². The van der Waals surface area contributed by atoms with Crippen LogP contribution in [-0.4, -0.2) is 16.9 Å². The highest BCUT2D eigenvalue weighted by atomic mass is 35.5. The fourth-order valence-electron chi connectivity index (χ4n) is 2.45. The second-order valence-corrected chi connectivity index (χ2v) is 7.00. The average molecular weight is 388 g/mol. The van der Waals surface area contributed by atoms with E-state index >= 15 is 0 Å². The zero-order valence-electron chi connectivity index (χ0n) is 14.1. The zero-order chi connectivity index (χ0) is 18.7. The van der Waals surface area contributed by atoms with E-state index in [-0.39, 0.29) is 22.8 Å². The Morgan fingerprint density at radius 3 is 2.38 bits per heavy atom. The van der Waals surface area contributed by atoms with Gasteiger partial charge in [0.15, 0.2) is 5.11 Å². The third kappa shape index (κ3) is 4.59. The number of rotatable bonds is 4. The van der Waals surface area contributed by atoms with Crippen molar-refractivity contribution >= 4 is 52.1 Å². The quantitative estimate of drug-likeness (QED) is 0.690. The zero-order valence-corrected chi connectivity index (χ0v) is 15.7. The minimum Gasteiger partial charge on any atom is -0.332 e. The Hall–Kier alpha value is -2.44. The van der Waals surface area contributed by atoms with Gasteiger partial charge in [-0.2, -0.15) is 0 Å². The van der Waals surface area contributed by atoms with Crippen molar-refractivity contribution in [3.63, 3.8) is 0 Å². The number of carbonyl (C=O) groups is 2. The lowest BCUT2D eigenvalue weighted by Gasteiger charge is -2.15. The molecule has 0 aromatic heterocycles. The Labute approximate surface area is 162 Å². The molecule has 0 radical (unpaired) electrons. The summed E-state index contributed by atoms with van der Waals surface area (Å²) in [5.41, 5.74) is 2.72. The van der Waals surface area contributed by atoms with Gasteiger partial charge in [-0.25, -0.2) is 0 Å². The fourth-order valence-corrected chi connectivity index (χ4v) is 2.84. The molecule has 1 saturated carbocycles. The van der Waals surface area contributed by atoms with Gasteiger partial charge in [0, 0.05) is 27.9 Å². The predicted molar refractivity (Wildman–Crippen MR) is 108 cm³/mol. The molecule has 0 bridgehead atoms. The monoisotopic (exact) mass is 387 g/mol. The first kappa shape index (κ1) is 18.4. The molecule has 0 aliphatic heterocycles. The maximum atomic E-state index is 12.2. The molecule has 2 aromatic rings. The van der Waals surface area contributed by atoms with Crippen LogP contribution in [0.15, 0.2) is 42.5 Å². The lowest BCUT2D eigenvalue weighted by molar-refractivity contribution is -0.117. The largest absolute Gasteiger partial charge is 0.332 e. The van der Waals surface area contributed by atoms with E-state index in [9.17, 15) is 9.59 Å². The van der Waals surface area contributed by atoms with Crippen molar-refractivity contribution in [1.82, 2.24) is 5.32 Å². The number of benzene rings is 2. The second kappa shape index (κ2) is 7.85. The summed E-state index contributed by atoms with van der Waals surface area (Å²) in [5, 5.41) is 9.20. The summed E-state index contributed by atoms with van der Waals surface area (Å²) in [6.45, 7) is 1.88. The summed E-state index contributed by atoms with van der Waals surface area (Å²) in [7, 11) is 0. The van der Waals surface area contributed by atoms with Crippen molar-refractivity contribution in [2.45, 2.75) is 19.8 Å². The van der Waals surface area contributed by atoms with Gasteiger partial charge in [0.25, 0.3) is 5.91 Å². The molecule has 0 saturated heterocycles. The van der Waals surface area contributed by atoms with E-state index in [1.807, 2.05) is 25.1 Å². The number of nitrogens with one attached hydrogen (secondary N) is 3. The molecule has 3 rings (SSSR count). The van der Waals surface area contributed by atoms with Crippen LogP contribution in [-0.2, 0) is 4.79 Å². The number of hydrogen-bond donors (Lipinski definition) is 3. The molecule has 0 unspecified atom stereocenters. The molecule has 1 aliphatic rings. The molecule has 5 nitrogen and oxygen atoms in total. The third-order valence-corrected chi connectivity index (χ3v) is 4.54. The van der Waals surface area contributed by atoms with E-state index in [1.54, 1.807) is 24.3 Å². The molecule has 134 valence electrons. The molecule has 26 heavy (non-hydrogen) atoms. The number of carbonyl (C=O) groups excluding carboxylic acids is 2. The lowest BCUT2D eigenvalue weighted by atomic mass is 10.1. The van der Waals surface area contributed by atoms with Gasteiger partial charge in [-0.1, -0.05) is 23.7 Å². The van der Waals surface area contributed by atoms with Crippen LogP contribution in [0.5, 0.6) is 0 Å². The third-order valence-electron chi connectivity index (χ3n) is 4.10. The SMILES string of the molecule is Cc1c(NC(=O)C2CC2)cccc1NC(=S)NC(=O)c1cccc(Cl)c1. The summed E-state index contributed by atoms with van der Waals surface area (Å²) >= 11 is 11.1. The highest BCUT2D eigenvalue weighted by Gasteiger charge is 2.29. The summed E-state index contributed by atoms with van der Waals surface area (Å²) in [4.78, 5) is 24.2. The first-order chi connectivity index (χ1) is 12.4. The number of hydrogen-bond acceptors (Lipinski definition) is 3. The van der Waals surface area contributed by atoms with Crippen LogP contribution in [0.3, 0.4) is 0 Å². The Morgan fingerprint density at radius 1 is 1.08 bits per heavy atom. The van der Waals surface area contributed by atoms with E-state index in [0.717, 1.165) is 29.8 Å². The molecule has 7 heteroatoms. The Balaban J connectivity index is 1.65. The maximum absolute atomic E-state index is 12.2. The van der Waals surface area contributed by atoms with Crippen molar-refractivity contribution in [2.24, 2.45) is 5.92 Å². The van der Waals surface area contributed by atoms with E-state index < -0.39 is 0 Å². The fraction of sp³-hybridized carbons (Fsp3) is 0.211. The summed E-state index contributed by atoms with van der Waals surface area (Å²) in [5.74, 6) is -0.174. The highest BCUT2D eigenvalue weighted by Crippen LogP contribution is 2.31. The molecule has 1 fully saturated rings. The molecule has 1 aliphatic carbocycles. The smallest absolute Gasteiger partial charge is 0.257 e. The topological polar surface area (TPSA) is 70.2 Å². The van der Waals surface area contributed by atoms with Crippen LogP contribution >= 0.6 is 23.8 Å². The second-order valence-electron chi connectivity index (χ2n) is 6.16. The van der Waals surface area contributed by atoms with Gasteiger partial charge >= 0.3 is 0 Å². The van der Waals surface area contributed by atoms with E-state index in [1.165, 1.54) is 0 Å². The molecule has 0 heterocycles. The first-order valence-electron chi connectivity index (χ1n) is 8.22. The van der Waals surface area contributed by atoms with Crippen LogP contribution in [0.2, 0.25) is 5.02 Å². The Bertz CT molecular complexity index is 881. The Morgan fingerprint density at radius 2 is 1.73 bits per heavy atom. The van der Waals surface area contributed by atoms with Crippen molar-refractivity contribution in [1.29, 1.82) is 0 Å². The van der Waals surface area contributed by atoms with Gasteiger partial charge in [-0.15, -0.1) is 0 Å². The number of anilines is 2. The van der Waals surface area contributed by atoms with Crippen LogP contribution in [0.25, 0.3) is 0 Å². The highest BCUT2D eigenvalue weighted by molar-refractivity contribution is 7.80. The number of halogens is 1. The minimum absolute atomic E-state index is 0.0436. The molecule has 0 spiro atoms. The minimum atomic E-state index is -0.346. The molecular formula is C19H18ClN3O2S. The van der Waals surface area contributed by atoms with E-state index in [2.05, 4.69) is 16.0 Å². The maximum Gasteiger partial charge on any atom is 0.257 e. The van der Waals surface area contributed by atoms with Crippen molar-refractivity contribution < 1.29 is 9.59 Å². The molecule has 2 amide bonds. The molecule has 3 N–H and O–H groups in total. The van der Waals surface area contributed by atoms with Gasteiger partial charge in [-0.3, -0.25) is 14.9 Å². The number of thiocarbonyl (C=S) groups is 1. The summed E-state index contributed by atoms with van der Waals surface area (Å²) < 4.78 is 0. The van der Waals surface area contributed by atoms with Gasteiger partial charge in [0.05, 0.1) is 0 Å². The van der Waals surface area contributed by atoms with Gasteiger partial charge in [-0.05, 0) is 67.9 Å². The van der Waals surface area contributed by atoms with Crippen LogP contribution < -0.4 is 16.0 Å². The molecule has 0 atom stereocenters. The van der Waals surface area contributed by atoms with Crippen molar-refractivity contribution in [3.05, 3.63) is 58.6 Å². The summed E-state index contributed by atoms with van der Waals surface area (Å²) in [6, 6.07) is 12.1. The molecule has 2 aromatic carbocycles. The van der Waals surface area contributed by atoms with Crippen molar-refractivity contribution in [3.8, 4) is 0 Å². The standard InChI is InChI=1S/C19H18ClN3O2S/c1-11-15(21-17(24)12-8-9-12)6-3-7-16(11)22-19(26)23-18(25)13-4-2-5-14(20)10-13/h2-7,10,12H,8-9H2,1H3,(H,21,24)(H2,22,23,25,26). The normalized spacial score (nSPS) is 13.0. The average Bonchev–Trinajstić information content (AvgIpc) is 3.43. The van der Waals surface area contributed by atoms with Crippen LogP contribution in [0.1, 0.15) is 28.8 Å². The lowest BCUT2D eigenvalue weighted by Crippen LogP contribution is -2.34. The van der Waals surface area contributed by atoms with Gasteiger partial charge in [0.2, 0.25) is 5.91 Å².